The number of amides is 2. The van der Waals surface area contributed by atoms with Crippen LogP contribution in [0.2, 0.25) is 0 Å². The predicted octanol–water partition coefficient (Wildman–Crippen LogP) is 5.07. The monoisotopic (exact) mass is 489 g/mol. The van der Waals surface area contributed by atoms with Crippen molar-refractivity contribution in [3.8, 4) is 5.75 Å². The molecule has 0 aliphatic carbocycles. The van der Waals surface area contributed by atoms with Gasteiger partial charge >= 0.3 is 6.09 Å². The number of para-hydroxylation sites is 2. The number of nitrogens with one attached hydrogen (secondary N) is 2. The number of rotatable bonds is 10. The Hall–Kier alpha value is -4.30. The Morgan fingerprint density at radius 3 is 2.36 bits per heavy atom. The van der Waals surface area contributed by atoms with Gasteiger partial charge in [-0.25, -0.2) is 4.79 Å². The molecule has 0 aliphatic rings. The summed E-state index contributed by atoms with van der Waals surface area (Å²) in [6.45, 7) is 3.90. The summed E-state index contributed by atoms with van der Waals surface area (Å²) >= 11 is 0. The molecule has 0 saturated heterocycles. The molecule has 3 aromatic carbocycles. The number of aliphatic hydroxyl groups excluding tert-OH is 1. The van der Waals surface area contributed by atoms with Crippen LogP contribution in [0.3, 0.4) is 0 Å². The quantitative estimate of drug-likeness (QED) is 0.233. The second-order valence-electron chi connectivity index (χ2n) is 8.25. The van der Waals surface area contributed by atoms with Crippen LogP contribution in [0.5, 0.6) is 5.75 Å². The Labute approximate surface area is 210 Å². The van der Waals surface area contributed by atoms with Gasteiger partial charge in [0.05, 0.1) is 18.0 Å². The molecule has 0 heterocycles. The van der Waals surface area contributed by atoms with E-state index >= 15 is 0 Å². The maximum Gasteiger partial charge on any atom is 0.412 e. The van der Waals surface area contributed by atoms with Crippen LogP contribution in [0.15, 0.2) is 84.9 Å². The molecule has 0 aliphatic heterocycles. The number of nitrogens with two attached hydrogens (primary N) is 1. The van der Waals surface area contributed by atoms with Gasteiger partial charge in [0.25, 0.3) is 0 Å². The van der Waals surface area contributed by atoms with Crippen molar-refractivity contribution in [3.05, 3.63) is 96.1 Å². The van der Waals surface area contributed by atoms with Crippen molar-refractivity contribution in [1.82, 2.24) is 0 Å². The first-order chi connectivity index (χ1) is 17.4. The van der Waals surface area contributed by atoms with Crippen LogP contribution >= 0.6 is 0 Å². The lowest BCUT2D eigenvalue weighted by molar-refractivity contribution is -0.111. The molecule has 0 unspecified atom stereocenters. The van der Waals surface area contributed by atoms with Crippen LogP contribution in [0.25, 0.3) is 0 Å². The lowest BCUT2D eigenvalue weighted by Gasteiger charge is -2.23. The fraction of sp³-hybridized carbons (Fsp3) is 0.214. The number of carbonyl (C=O) groups excluding carboxylic acids is 2. The first-order valence-electron chi connectivity index (χ1n) is 11.6. The normalized spacial score (nSPS) is 12.5. The minimum atomic E-state index is -0.687. The van der Waals surface area contributed by atoms with Crippen molar-refractivity contribution in [2.24, 2.45) is 5.92 Å². The minimum absolute atomic E-state index is 0.0921. The van der Waals surface area contributed by atoms with Crippen LogP contribution in [-0.2, 0) is 9.53 Å². The van der Waals surface area contributed by atoms with Gasteiger partial charge in [-0.1, -0.05) is 55.0 Å². The minimum Gasteiger partial charge on any atom is -0.491 e. The second kappa shape index (κ2) is 13.0. The van der Waals surface area contributed by atoms with Gasteiger partial charge in [-0.2, -0.15) is 0 Å². The molecule has 8 nitrogen and oxygen atoms in total. The molecule has 3 aromatic rings. The largest absolute Gasteiger partial charge is 0.491 e. The van der Waals surface area contributed by atoms with E-state index in [1.807, 2.05) is 26.0 Å². The molecule has 36 heavy (non-hydrogen) atoms. The molecule has 5 N–H and O–H groups in total. The van der Waals surface area contributed by atoms with E-state index in [9.17, 15) is 9.59 Å². The predicted molar refractivity (Wildman–Crippen MR) is 141 cm³/mol. The molecule has 0 radical (unpaired) electrons. The topological polar surface area (TPSA) is 123 Å². The zero-order valence-electron chi connectivity index (χ0n) is 20.3. The molecule has 0 aromatic heterocycles. The highest BCUT2D eigenvalue weighted by atomic mass is 16.6. The zero-order valence-corrected chi connectivity index (χ0v) is 20.3. The van der Waals surface area contributed by atoms with Gasteiger partial charge in [0.15, 0.2) is 0 Å². The van der Waals surface area contributed by atoms with Crippen LogP contribution in [0.4, 0.5) is 21.9 Å². The average molecular weight is 490 g/mol. The van der Waals surface area contributed by atoms with Gasteiger partial charge in [0.2, 0.25) is 5.91 Å². The third-order valence-electron chi connectivity index (χ3n) is 5.35. The van der Waals surface area contributed by atoms with E-state index in [1.165, 1.54) is 6.08 Å². The highest BCUT2D eigenvalue weighted by Crippen LogP contribution is 2.29. The summed E-state index contributed by atoms with van der Waals surface area (Å²) in [5.41, 5.74) is 9.27. The molecule has 0 fully saturated rings. The van der Waals surface area contributed by atoms with Crippen LogP contribution in [-0.4, -0.2) is 30.3 Å². The first kappa shape index (κ1) is 26.3. The van der Waals surface area contributed by atoms with Crippen LogP contribution in [0, 0.1) is 12.8 Å². The van der Waals surface area contributed by atoms with Gasteiger partial charge < -0.3 is 25.6 Å². The van der Waals surface area contributed by atoms with Gasteiger partial charge in [-0.05, 0) is 55.0 Å². The number of anilines is 3. The number of nitrogen functional groups attached to an aromatic ring is 1. The molecule has 0 saturated carbocycles. The Morgan fingerprint density at radius 1 is 1.00 bits per heavy atom. The Balaban J connectivity index is 1.74. The van der Waals surface area contributed by atoms with E-state index in [1.54, 1.807) is 66.7 Å². The van der Waals surface area contributed by atoms with Crippen molar-refractivity contribution >= 4 is 29.1 Å². The molecule has 0 spiro atoms. The lowest BCUT2D eigenvalue weighted by Crippen LogP contribution is -2.21. The standard InChI is InChI=1S/C28H31N3O5/c1-19-7-12-22(13-8-19)30-28(34)36-27(21-10-14-23(15-11-21)35-18-17-32)20(2)9-16-26(33)31-25-6-4-3-5-24(25)29/h3-16,20,27,32H,17-18,29H2,1-2H3,(H,30,34)(H,31,33)/b16-9+/t20-,27+/m0/s1. The lowest BCUT2D eigenvalue weighted by atomic mass is 9.96. The molecule has 0 bridgehead atoms. The fourth-order valence-corrected chi connectivity index (χ4v) is 3.42. The van der Waals surface area contributed by atoms with Crippen molar-refractivity contribution in [2.75, 3.05) is 29.6 Å². The Kier molecular flexibility index (Phi) is 9.48. The third-order valence-corrected chi connectivity index (χ3v) is 5.35. The second-order valence-corrected chi connectivity index (χ2v) is 8.25. The number of carbonyl (C=O) groups is 2. The number of benzene rings is 3. The van der Waals surface area contributed by atoms with E-state index in [0.717, 1.165) is 11.1 Å². The number of hydrogen-bond donors (Lipinski definition) is 4. The van der Waals surface area contributed by atoms with Crippen molar-refractivity contribution in [2.45, 2.75) is 20.0 Å². The third kappa shape index (κ3) is 7.89. The maximum atomic E-state index is 12.7. The molecule has 2 atom stereocenters. The molecule has 2 amide bonds. The summed E-state index contributed by atoms with van der Waals surface area (Å²) in [5.74, 6) is -0.120. The Morgan fingerprint density at radius 2 is 1.69 bits per heavy atom. The summed E-state index contributed by atoms with van der Waals surface area (Å²) in [4.78, 5) is 25.2. The molecular weight excluding hydrogens is 458 g/mol. The summed E-state index contributed by atoms with van der Waals surface area (Å²) in [6, 6.07) is 21.4. The van der Waals surface area contributed by atoms with Gasteiger partial charge in [0, 0.05) is 11.6 Å². The molecule has 188 valence electrons. The van der Waals surface area contributed by atoms with Crippen molar-refractivity contribution < 1.29 is 24.2 Å². The summed E-state index contributed by atoms with van der Waals surface area (Å²) in [5, 5.41) is 14.4. The number of ether oxygens (including phenoxy) is 2. The van der Waals surface area contributed by atoms with Gasteiger partial charge in [-0.15, -0.1) is 0 Å². The number of aryl methyl sites for hydroxylation is 1. The van der Waals surface area contributed by atoms with E-state index in [4.69, 9.17) is 20.3 Å². The average Bonchev–Trinajstić information content (AvgIpc) is 2.88. The van der Waals surface area contributed by atoms with Gasteiger partial charge in [-0.3, -0.25) is 10.1 Å². The fourth-order valence-electron chi connectivity index (χ4n) is 3.42. The Bertz CT molecular complexity index is 1180. The van der Waals surface area contributed by atoms with Crippen LogP contribution in [0.1, 0.15) is 24.2 Å². The summed E-state index contributed by atoms with van der Waals surface area (Å²) in [7, 11) is 0. The summed E-state index contributed by atoms with van der Waals surface area (Å²) < 4.78 is 11.2. The van der Waals surface area contributed by atoms with E-state index in [-0.39, 0.29) is 25.0 Å². The summed E-state index contributed by atoms with van der Waals surface area (Å²) in [6.07, 6.45) is 1.76. The highest BCUT2D eigenvalue weighted by molar-refractivity contribution is 6.01. The van der Waals surface area contributed by atoms with Crippen molar-refractivity contribution in [1.29, 1.82) is 0 Å². The molecule has 8 heteroatoms. The van der Waals surface area contributed by atoms with E-state index in [2.05, 4.69) is 10.6 Å². The SMILES string of the molecule is Cc1ccc(NC(=O)O[C@@H](c2ccc(OCCO)cc2)[C@@H](C)/C=C/C(=O)Nc2ccccc2N)cc1. The maximum absolute atomic E-state index is 12.7. The molecular formula is C28H31N3O5. The zero-order chi connectivity index (χ0) is 25.9. The van der Waals surface area contributed by atoms with E-state index < -0.39 is 12.2 Å². The van der Waals surface area contributed by atoms with E-state index in [0.29, 0.717) is 22.8 Å². The van der Waals surface area contributed by atoms with Gasteiger partial charge in [0.1, 0.15) is 18.5 Å². The smallest absolute Gasteiger partial charge is 0.412 e. The first-order valence-corrected chi connectivity index (χ1v) is 11.6. The molecule has 3 rings (SSSR count). The van der Waals surface area contributed by atoms with Crippen LogP contribution < -0.4 is 21.1 Å². The highest BCUT2D eigenvalue weighted by Gasteiger charge is 2.23. The number of hydrogen-bond acceptors (Lipinski definition) is 6. The van der Waals surface area contributed by atoms with Crippen molar-refractivity contribution in [3.63, 3.8) is 0 Å². The number of aliphatic hydroxyl groups is 1.